The monoisotopic (exact) mass is 339 g/mol. The number of carbonyl (C=O) groups is 1. The van der Waals surface area contributed by atoms with E-state index in [1.807, 2.05) is 30.3 Å². The summed E-state index contributed by atoms with van der Waals surface area (Å²) in [5.41, 5.74) is 0.986. The molecule has 0 saturated carbocycles. The van der Waals surface area contributed by atoms with Crippen LogP contribution in [0.5, 0.6) is 5.75 Å². The van der Waals surface area contributed by atoms with Crippen LogP contribution in [-0.4, -0.2) is 37.1 Å². The third-order valence-corrected chi connectivity index (χ3v) is 4.45. The number of nitrogens with zero attached hydrogens (tertiary/aromatic N) is 1. The van der Waals surface area contributed by atoms with Crippen molar-refractivity contribution in [2.75, 3.05) is 19.7 Å². The number of alkyl halides is 2. The fraction of sp³-hybridized carbons (Fsp3) is 0.312. The smallest absolute Gasteiger partial charge is 0.387 e. The van der Waals surface area contributed by atoms with Gasteiger partial charge in [-0.15, -0.1) is 11.3 Å². The number of hydrogen-bond donors (Lipinski definition) is 0. The number of halogens is 2. The first kappa shape index (κ1) is 15.9. The topological polar surface area (TPSA) is 38.8 Å². The van der Waals surface area contributed by atoms with Crippen LogP contribution in [0.3, 0.4) is 0 Å². The summed E-state index contributed by atoms with van der Waals surface area (Å²) in [4.78, 5) is 14.4. The van der Waals surface area contributed by atoms with Gasteiger partial charge in [0, 0.05) is 6.54 Å². The molecule has 0 N–H and O–H groups in total. The van der Waals surface area contributed by atoms with Gasteiger partial charge >= 0.3 is 6.61 Å². The second kappa shape index (κ2) is 7.06. The zero-order chi connectivity index (χ0) is 16.2. The van der Waals surface area contributed by atoms with Crippen LogP contribution in [0.2, 0.25) is 0 Å². The Morgan fingerprint density at radius 2 is 2.09 bits per heavy atom. The second-order valence-corrected chi connectivity index (χ2v) is 5.93. The van der Waals surface area contributed by atoms with Crippen molar-refractivity contribution in [3.63, 3.8) is 0 Å². The highest BCUT2D eigenvalue weighted by Gasteiger charge is 2.28. The van der Waals surface area contributed by atoms with Gasteiger partial charge in [-0.3, -0.25) is 4.79 Å². The quantitative estimate of drug-likeness (QED) is 0.855. The number of ether oxygens (including phenoxy) is 2. The standard InChI is InChI=1S/C16H15F2NO3S/c17-16(18)22-12-6-9-23-14(12)15(20)19-7-8-21-13(10-19)11-4-2-1-3-5-11/h1-6,9,13,16H,7-8,10H2/t13-/m0/s1. The van der Waals surface area contributed by atoms with Crippen LogP contribution in [0, 0.1) is 0 Å². The lowest BCUT2D eigenvalue weighted by atomic mass is 10.1. The van der Waals surface area contributed by atoms with Crippen molar-refractivity contribution in [1.29, 1.82) is 0 Å². The molecule has 2 heterocycles. The first-order chi connectivity index (χ1) is 11.1. The van der Waals surface area contributed by atoms with Crippen molar-refractivity contribution < 1.29 is 23.0 Å². The minimum absolute atomic E-state index is 0.0715. The fourth-order valence-electron chi connectivity index (χ4n) is 2.49. The minimum atomic E-state index is -2.95. The molecule has 1 aromatic heterocycles. The van der Waals surface area contributed by atoms with Gasteiger partial charge in [0.15, 0.2) is 0 Å². The first-order valence-corrected chi connectivity index (χ1v) is 8.01. The molecule has 1 atom stereocenters. The molecule has 1 aliphatic heterocycles. The summed E-state index contributed by atoms with van der Waals surface area (Å²) in [6.07, 6.45) is -0.215. The van der Waals surface area contributed by atoms with E-state index < -0.39 is 6.61 Å². The summed E-state index contributed by atoms with van der Waals surface area (Å²) < 4.78 is 34.9. The van der Waals surface area contributed by atoms with E-state index in [9.17, 15) is 13.6 Å². The van der Waals surface area contributed by atoms with E-state index in [1.54, 1.807) is 10.3 Å². The summed E-state index contributed by atoms with van der Waals surface area (Å²) in [6, 6.07) is 11.0. The molecule has 0 unspecified atom stereocenters. The van der Waals surface area contributed by atoms with Gasteiger partial charge in [0.25, 0.3) is 5.91 Å². The molecule has 2 aromatic rings. The number of thiophene rings is 1. The summed E-state index contributed by atoms with van der Waals surface area (Å²) in [6.45, 7) is -1.73. The van der Waals surface area contributed by atoms with Crippen molar-refractivity contribution in [1.82, 2.24) is 4.90 Å². The first-order valence-electron chi connectivity index (χ1n) is 7.13. The highest BCUT2D eigenvalue weighted by Crippen LogP contribution is 2.30. The Balaban J connectivity index is 1.74. The van der Waals surface area contributed by atoms with Gasteiger partial charge in [0.05, 0.1) is 13.2 Å². The predicted molar refractivity (Wildman–Crippen MR) is 82.0 cm³/mol. The van der Waals surface area contributed by atoms with Crippen LogP contribution >= 0.6 is 11.3 Å². The molecule has 1 fully saturated rings. The zero-order valence-electron chi connectivity index (χ0n) is 12.2. The van der Waals surface area contributed by atoms with Gasteiger partial charge in [0.2, 0.25) is 0 Å². The Morgan fingerprint density at radius 3 is 2.83 bits per heavy atom. The van der Waals surface area contributed by atoms with Gasteiger partial charge in [-0.05, 0) is 17.0 Å². The number of carbonyl (C=O) groups excluding carboxylic acids is 1. The molecule has 1 amide bonds. The fourth-order valence-corrected chi connectivity index (χ4v) is 3.28. The lowest BCUT2D eigenvalue weighted by Crippen LogP contribution is -2.42. The number of amides is 1. The Bertz CT molecular complexity index is 662. The Morgan fingerprint density at radius 1 is 1.30 bits per heavy atom. The summed E-state index contributed by atoms with van der Waals surface area (Å²) >= 11 is 1.10. The molecule has 0 spiro atoms. The molecule has 3 rings (SSSR count). The maximum absolute atomic E-state index is 12.6. The number of hydrogen-bond acceptors (Lipinski definition) is 4. The molecule has 1 aliphatic rings. The van der Waals surface area contributed by atoms with Crippen LogP contribution < -0.4 is 4.74 Å². The van der Waals surface area contributed by atoms with E-state index in [2.05, 4.69) is 4.74 Å². The number of rotatable bonds is 4. The molecule has 4 nitrogen and oxygen atoms in total. The van der Waals surface area contributed by atoms with Gasteiger partial charge in [-0.2, -0.15) is 8.78 Å². The van der Waals surface area contributed by atoms with Crippen molar-refractivity contribution in [2.45, 2.75) is 12.7 Å². The number of morpholine rings is 1. The minimum Gasteiger partial charge on any atom is -0.433 e. The van der Waals surface area contributed by atoms with E-state index in [4.69, 9.17) is 4.74 Å². The van der Waals surface area contributed by atoms with Crippen LogP contribution in [0.4, 0.5) is 8.78 Å². The average molecular weight is 339 g/mol. The molecule has 122 valence electrons. The highest BCUT2D eigenvalue weighted by atomic mass is 32.1. The molecule has 7 heteroatoms. The third kappa shape index (κ3) is 3.68. The van der Waals surface area contributed by atoms with Crippen molar-refractivity contribution in [2.24, 2.45) is 0 Å². The van der Waals surface area contributed by atoms with E-state index in [1.165, 1.54) is 6.07 Å². The molecule has 1 aromatic carbocycles. The van der Waals surface area contributed by atoms with Crippen LogP contribution in [0.15, 0.2) is 41.8 Å². The van der Waals surface area contributed by atoms with Crippen LogP contribution in [0.25, 0.3) is 0 Å². The SMILES string of the molecule is O=C(c1sccc1OC(F)F)N1CCO[C@H](c2ccccc2)C1. The zero-order valence-corrected chi connectivity index (χ0v) is 13.0. The summed E-state index contributed by atoms with van der Waals surface area (Å²) in [5, 5.41) is 1.57. The lowest BCUT2D eigenvalue weighted by Gasteiger charge is -2.33. The largest absolute Gasteiger partial charge is 0.433 e. The summed E-state index contributed by atoms with van der Waals surface area (Å²) in [5.74, 6) is -0.377. The van der Waals surface area contributed by atoms with Crippen LogP contribution in [0.1, 0.15) is 21.3 Å². The van der Waals surface area contributed by atoms with Gasteiger partial charge < -0.3 is 14.4 Å². The van der Waals surface area contributed by atoms with Crippen molar-refractivity contribution in [3.8, 4) is 5.75 Å². The van der Waals surface area contributed by atoms with E-state index in [0.717, 1.165) is 16.9 Å². The van der Waals surface area contributed by atoms with Gasteiger partial charge in [-0.25, -0.2) is 0 Å². The number of benzene rings is 1. The lowest BCUT2D eigenvalue weighted by molar-refractivity contribution is -0.0504. The molecular formula is C16H15F2NO3S. The Kier molecular flexibility index (Phi) is 4.88. The average Bonchev–Trinajstić information content (AvgIpc) is 3.02. The highest BCUT2D eigenvalue weighted by molar-refractivity contribution is 7.12. The Labute approximate surface area is 136 Å². The van der Waals surface area contributed by atoms with Gasteiger partial charge in [0.1, 0.15) is 16.7 Å². The summed E-state index contributed by atoms with van der Waals surface area (Å²) in [7, 11) is 0. The maximum atomic E-state index is 12.6. The van der Waals surface area contributed by atoms with Gasteiger partial charge in [-0.1, -0.05) is 30.3 Å². The van der Waals surface area contributed by atoms with E-state index in [-0.39, 0.29) is 22.6 Å². The normalized spacial score (nSPS) is 18.2. The molecular weight excluding hydrogens is 324 g/mol. The maximum Gasteiger partial charge on any atom is 0.387 e. The molecule has 1 saturated heterocycles. The molecule has 0 aliphatic carbocycles. The predicted octanol–water partition coefficient (Wildman–Crippen LogP) is 3.56. The second-order valence-electron chi connectivity index (χ2n) is 5.01. The van der Waals surface area contributed by atoms with E-state index in [0.29, 0.717) is 19.7 Å². The van der Waals surface area contributed by atoms with Crippen LogP contribution in [-0.2, 0) is 4.74 Å². The molecule has 0 bridgehead atoms. The van der Waals surface area contributed by atoms with Crippen molar-refractivity contribution >= 4 is 17.2 Å². The molecule has 0 radical (unpaired) electrons. The van der Waals surface area contributed by atoms with E-state index >= 15 is 0 Å². The van der Waals surface area contributed by atoms with Crippen molar-refractivity contribution in [3.05, 3.63) is 52.2 Å². The molecule has 23 heavy (non-hydrogen) atoms. The Hall–Kier alpha value is -1.99. The third-order valence-electron chi connectivity index (χ3n) is 3.56.